The standard InChI is InChI=1S/C8H9Cl2N3O2S2/c1-17(14,15)13-3-5(4-13)16-7-6(9)2-11-8(10)12-7/h2,5H,3-4H2,1H3. The van der Waals surface area contributed by atoms with E-state index < -0.39 is 10.0 Å². The summed E-state index contributed by atoms with van der Waals surface area (Å²) < 4.78 is 23.8. The Morgan fingerprint density at radius 2 is 2.12 bits per heavy atom. The van der Waals surface area contributed by atoms with Crippen LogP contribution in [0.25, 0.3) is 0 Å². The van der Waals surface area contributed by atoms with E-state index in [9.17, 15) is 8.42 Å². The predicted octanol–water partition coefficient (Wildman–Crippen LogP) is 1.52. The Labute approximate surface area is 114 Å². The minimum absolute atomic E-state index is 0.135. The van der Waals surface area contributed by atoms with Crippen LogP contribution < -0.4 is 0 Å². The molecule has 0 saturated carbocycles. The third-order valence-electron chi connectivity index (χ3n) is 2.24. The van der Waals surface area contributed by atoms with Gasteiger partial charge in [0, 0.05) is 18.3 Å². The van der Waals surface area contributed by atoms with E-state index in [-0.39, 0.29) is 10.5 Å². The second-order valence-electron chi connectivity index (χ2n) is 3.61. The Hall–Kier alpha value is -0.0800. The summed E-state index contributed by atoms with van der Waals surface area (Å²) in [6.45, 7) is 0.947. The second-order valence-corrected chi connectivity index (χ2v) is 7.63. The van der Waals surface area contributed by atoms with Crippen LogP contribution in [0.1, 0.15) is 0 Å². The fourth-order valence-electron chi connectivity index (χ4n) is 1.32. The maximum absolute atomic E-state index is 11.2. The van der Waals surface area contributed by atoms with Gasteiger partial charge >= 0.3 is 0 Å². The third-order valence-corrected chi connectivity index (χ3v) is 5.22. The Morgan fingerprint density at radius 1 is 1.47 bits per heavy atom. The fourth-order valence-corrected chi connectivity index (χ4v) is 3.95. The molecule has 0 N–H and O–H groups in total. The quantitative estimate of drug-likeness (QED) is 0.625. The molecule has 2 rings (SSSR count). The average Bonchev–Trinajstić information content (AvgIpc) is 2.14. The van der Waals surface area contributed by atoms with Gasteiger partial charge in [0.2, 0.25) is 15.3 Å². The lowest BCUT2D eigenvalue weighted by molar-refractivity contribution is 0.322. The van der Waals surface area contributed by atoms with Crippen LogP contribution in [0, 0.1) is 0 Å². The monoisotopic (exact) mass is 313 g/mol. The molecular weight excluding hydrogens is 305 g/mol. The van der Waals surface area contributed by atoms with Gasteiger partial charge < -0.3 is 0 Å². The van der Waals surface area contributed by atoms with E-state index >= 15 is 0 Å². The highest BCUT2D eigenvalue weighted by Gasteiger charge is 2.34. The van der Waals surface area contributed by atoms with E-state index in [0.29, 0.717) is 23.1 Å². The van der Waals surface area contributed by atoms with Gasteiger partial charge in [-0.1, -0.05) is 23.4 Å². The number of halogens is 2. The van der Waals surface area contributed by atoms with Gasteiger partial charge in [-0.2, -0.15) is 4.31 Å². The second kappa shape index (κ2) is 4.89. The molecule has 1 aliphatic heterocycles. The van der Waals surface area contributed by atoms with Crippen molar-refractivity contribution in [3.8, 4) is 0 Å². The molecule has 0 unspecified atom stereocenters. The SMILES string of the molecule is CS(=O)(=O)N1CC(Sc2nc(Cl)ncc2Cl)C1. The molecule has 0 spiro atoms. The summed E-state index contributed by atoms with van der Waals surface area (Å²) in [4.78, 5) is 7.75. The van der Waals surface area contributed by atoms with Crippen molar-refractivity contribution in [3.05, 3.63) is 16.5 Å². The molecule has 94 valence electrons. The van der Waals surface area contributed by atoms with Gasteiger partial charge in [0.05, 0.1) is 17.5 Å². The van der Waals surface area contributed by atoms with Crippen molar-refractivity contribution in [3.63, 3.8) is 0 Å². The number of rotatable bonds is 3. The van der Waals surface area contributed by atoms with Crippen LogP contribution in [0.2, 0.25) is 10.3 Å². The van der Waals surface area contributed by atoms with Crippen molar-refractivity contribution in [1.29, 1.82) is 0 Å². The Balaban J connectivity index is 1.98. The number of aromatic nitrogens is 2. The minimum Gasteiger partial charge on any atom is -0.225 e. The molecule has 0 amide bonds. The Kier molecular flexibility index (Phi) is 3.84. The molecule has 0 radical (unpaired) electrons. The molecule has 1 saturated heterocycles. The first kappa shape index (κ1) is 13.4. The molecule has 1 aromatic heterocycles. The molecular formula is C8H9Cl2N3O2S2. The molecule has 5 nitrogen and oxygen atoms in total. The highest BCUT2D eigenvalue weighted by atomic mass is 35.5. The van der Waals surface area contributed by atoms with Gasteiger partial charge in [0.25, 0.3) is 0 Å². The van der Waals surface area contributed by atoms with Crippen molar-refractivity contribution in [2.45, 2.75) is 10.3 Å². The zero-order valence-electron chi connectivity index (χ0n) is 8.80. The molecule has 1 aliphatic rings. The van der Waals surface area contributed by atoms with Crippen molar-refractivity contribution >= 4 is 45.0 Å². The number of hydrogen-bond acceptors (Lipinski definition) is 5. The number of thioether (sulfide) groups is 1. The van der Waals surface area contributed by atoms with E-state index in [1.54, 1.807) is 0 Å². The topological polar surface area (TPSA) is 63.2 Å². The molecule has 0 aliphatic carbocycles. The first-order valence-corrected chi connectivity index (χ1v) is 8.14. The van der Waals surface area contributed by atoms with E-state index in [1.807, 2.05) is 0 Å². The summed E-state index contributed by atoms with van der Waals surface area (Å²) in [5.41, 5.74) is 0. The summed E-state index contributed by atoms with van der Waals surface area (Å²) >= 11 is 13.0. The molecule has 0 atom stereocenters. The normalized spacial score (nSPS) is 18.1. The molecule has 0 aromatic carbocycles. The zero-order valence-corrected chi connectivity index (χ0v) is 11.9. The van der Waals surface area contributed by atoms with Crippen LogP contribution in [0.15, 0.2) is 11.2 Å². The molecule has 17 heavy (non-hydrogen) atoms. The van der Waals surface area contributed by atoms with Gasteiger partial charge in [0.15, 0.2) is 0 Å². The number of hydrogen-bond donors (Lipinski definition) is 0. The highest BCUT2D eigenvalue weighted by Crippen LogP contribution is 2.33. The van der Waals surface area contributed by atoms with Crippen LogP contribution in [-0.2, 0) is 10.0 Å². The first-order chi connectivity index (χ1) is 7.86. The minimum atomic E-state index is -3.08. The Morgan fingerprint density at radius 3 is 2.71 bits per heavy atom. The summed E-state index contributed by atoms with van der Waals surface area (Å²) in [7, 11) is -3.08. The zero-order chi connectivity index (χ0) is 12.6. The highest BCUT2D eigenvalue weighted by molar-refractivity contribution is 8.00. The van der Waals surface area contributed by atoms with E-state index in [1.165, 1.54) is 28.5 Å². The van der Waals surface area contributed by atoms with Crippen molar-refractivity contribution in [2.24, 2.45) is 0 Å². The van der Waals surface area contributed by atoms with Crippen LogP contribution >= 0.6 is 35.0 Å². The maximum atomic E-state index is 11.2. The van der Waals surface area contributed by atoms with Crippen molar-refractivity contribution in [2.75, 3.05) is 19.3 Å². The van der Waals surface area contributed by atoms with Gasteiger partial charge in [-0.15, -0.1) is 0 Å². The van der Waals surface area contributed by atoms with E-state index in [4.69, 9.17) is 23.2 Å². The first-order valence-electron chi connectivity index (χ1n) is 4.66. The van der Waals surface area contributed by atoms with Crippen LogP contribution in [-0.4, -0.2) is 47.3 Å². The maximum Gasteiger partial charge on any atom is 0.223 e. The Bertz CT molecular complexity index is 532. The lowest BCUT2D eigenvalue weighted by atomic mass is 10.3. The van der Waals surface area contributed by atoms with Gasteiger partial charge in [-0.05, 0) is 11.6 Å². The van der Waals surface area contributed by atoms with Gasteiger partial charge in [-0.3, -0.25) is 0 Å². The molecule has 1 aromatic rings. The summed E-state index contributed by atoms with van der Waals surface area (Å²) in [5, 5.41) is 1.31. The molecule has 9 heteroatoms. The van der Waals surface area contributed by atoms with Crippen molar-refractivity contribution in [1.82, 2.24) is 14.3 Å². The number of sulfonamides is 1. The fraction of sp³-hybridized carbons (Fsp3) is 0.500. The number of nitrogens with zero attached hydrogens (tertiary/aromatic N) is 3. The third kappa shape index (κ3) is 3.23. The van der Waals surface area contributed by atoms with Crippen LogP contribution in [0.5, 0.6) is 0 Å². The summed E-state index contributed by atoms with van der Waals surface area (Å²) in [6, 6.07) is 0. The smallest absolute Gasteiger partial charge is 0.223 e. The predicted molar refractivity (Wildman–Crippen MR) is 68.1 cm³/mol. The van der Waals surface area contributed by atoms with Gasteiger partial charge in [0.1, 0.15) is 5.03 Å². The summed E-state index contributed by atoms with van der Waals surface area (Å²) in [6.07, 6.45) is 2.63. The van der Waals surface area contributed by atoms with Crippen LogP contribution in [0.3, 0.4) is 0 Å². The summed E-state index contributed by atoms with van der Waals surface area (Å²) in [5.74, 6) is 0. The lowest BCUT2D eigenvalue weighted by Gasteiger charge is -2.36. The molecule has 1 fully saturated rings. The van der Waals surface area contributed by atoms with Crippen molar-refractivity contribution < 1.29 is 8.42 Å². The van der Waals surface area contributed by atoms with Gasteiger partial charge in [-0.25, -0.2) is 18.4 Å². The van der Waals surface area contributed by atoms with Crippen LogP contribution in [0.4, 0.5) is 0 Å². The van der Waals surface area contributed by atoms with E-state index in [2.05, 4.69) is 9.97 Å². The molecule has 2 heterocycles. The molecule has 0 bridgehead atoms. The van der Waals surface area contributed by atoms with E-state index in [0.717, 1.165) is 0 Å². The lowest BCUT2D eigenvalue weighted by Crippen LogP contribution is -2.51. The average molecular weight is 314 g/mol. The largest absolute Gasteiger partial charge is 0.225 e.